The summed E-state index contributed by atoms with van der Waals surface area (Å²) in [6.07, 6.45) is 73.1. The molecule has 0 saturated heterocycles. The van der Waals surface area contributed by atoms with E-state index >= 15 is 0 Å². The first-order chi connectivity index (χ1) is 40.2. The lowest BCUT2D eigenvalue weighted by Gasteiger charge is -2.21. The molecule has 478 valence electrons. The minimum absolute atomic E-state index is 0.168. The zero-order valence-electron chi connectivity index (χ0n) is 53.2. The third kappa shape index (κ3) is 61.7. The average molecular weight is 1180 g/mol. The second kappa shape index (κ2) is 64.2. The fourth-order valence-corrected chi connectivity index (χ4v) is 10.5. The number of carbonyl (C=O) groups excluding carboxylic acids is 3. The summed E-state index contributed by atoms with van der Waals surface area (Å²) >= 11 is 0. The number of esters is 3. The van der Waals surface area contributed by atoms with E-state index in [0.717, 1.165) is 109 Å². The number of allylic oxidation sites excluding steroid dienone is 10. The maximum atomic E-state index is 13.0. The Bertz CT molecular complexity index is 1610. The number of aliphatic hydroxyl groups excluding tert-OH is 1. The fraction of sp³-hybridized carbons (Fsp3) is 0.814. The van der Waals surface area contributed by atoms with Crippen molar-refractivity contribution in [2.24, 2.45) is 0 Å². The maximum Gasteiger partial charge on any atom is 0.472 e. The van der Waals surface area contributed by atoms with Crippen molar-refractivity contribution < 1.29 is 52.2 Å². The Morgan fingerprint density at radius 2 is 0.634 bits per heavy atom. The van der Waals surface area contributed by atoms with Crippen molar-refractivity contribution in [1.82, 2.24) is 0 Å². The van der Waals surface area contributed by atoms with E-state index in [9.17, 15) is 28.9 Å². The van der Waals surface area contributed by atoms with Crippen LogP contribution < -0.4 is 0 Å². The summed E-state index contributed by atoms with van der Waals surface area (Å²) in [5, 5.41) is 9.87. The van der Waals surface area contributed by atoms with Crippen LogP contribution in [0.5, 0.6) is 0 Å². The molecule has 0 aromatic carbocycles. The van der Waals surface area contributed by atoms with Crippen LogP contribution in [0.4, 0.5) is 0 Å². The van der Waals surface area contributed by atoms with Gasteiger partial charge in [-0.3, -0.25) is 23.4 Å². The maximum absolute atomic E-state index is 13.0. The van der Waals surface area contributed by atoms with E-state index in [-0.39, 0.29) is 25.9 Å². The number of carbonyl (C=O) groups is 3. The number of unbranched alkanes of at least 4 members (excludes halogenated alkanes) is 37. The van der Waals surface area contributed by atoms with Gasteiger partial charge in [0.15, 0.2) is 6.10 Å². The molecule has 0 aromatic heterocycles. The van der Waals surface area contributed by atoms with E-state index in [0.29, 0.717) is 19.3 Å². The fourth-order valence-electron chi connectivity index (χ4n) is 9.76. The van der Waals surface area contributed by atoms with Crippen molar-refractivity contribution in [1.29, 1.82) is 0 Å². The van der Waals surface area contributed by atoms with Crippen molar-refractivity contribution in [2.45, 2.75) is 341 Å². The highest BCUT2D eigenvalue weighted by atomic mass is 31.2. The first-order valence-electron chi connectivity index (χ1n) is 34.2. The lowest BCUT2D eigenvalue weighted by Crippen LogP contribution is -2.30. The summed E-state index contributed by atoms with van der Waals surface area (Å²) in [7, 11) is -4.76. The standard InChI is InChI=1S/C70H127O11P/c1-4-7-10-13-16-19-22-25-28-31-33-36-38-41-44-47-50-53-56-59-68(72)77-63-67(81-70(74)61-58-55-52-49-46-43-40-37-34-32-29-26-23-20-17-14-11-8-5-2)65-79-82(75,76)78-64-66(62-71)80-69(73)60-57-54-51-48-45-42-39-35-30-27-24-21-18-15-12-9-6-3/h7,10,16,19,25,27-28,30,33,36,66-67,71H,4-6,8-9,11-15,17-18,20-24,26,29,31-32,34-35,37-65H2,1-3H3,(H,75,76)/b10-7-,19-16-,28-25-,30-27-,36-33-. The van der Waals surface area contributed by atoms with Crippen molar-refractivity contribution in [2.75, 3.05) is 26.4 Å². The molecule has 0 aliphatic rings. The van der Waals surface area contributed by atoms with Crippen LogP contribution in [0.2, 0.25) is 0 Å². The van der Waals surface area contributed by atoms with Gasteiger partial charge in [0.05, 0.1) is 19.8 Å². The average Bonchev–Trinajstić information content (AvgIpc) is 3.47. The van der Waals surface area contributed by atoms with Crippen LogP contribution in [0.3, 0.4) is 0 Å². The molecule has 3 atom stereocenters. The Balaban J connectivity index is 4.68. The van der Waals surface area contributed by atoms with Gasteiger partial charge in [-0.1, -0.05) is 287 Å². The minimum Gasteiger partial charge on any atom is -0.462 e. The summed E-state index contributed by atoms with van der Waals surface area (Å²) in [6, 6.07) is 0. The molecule has 0 heterocycles. The van der Waals surface area contributed by atoms with Crippen LogP contribution in [0, 0.1) is 0 Å². The van der Waals surface area contributed by atoms with Crippen LogP contribution in [-0.4, -0.2) is 66.5 Å². The Kier molecular flexibility index (Phi) is 62.0. The van der Waals surface area contributed by atoms with Crippen LogP contribution in [0.25, 0.3) is 0 Å². The van der Waals surface area contributed by atoms with E-state index < -0.39 is 57.8 Å². The van der Waals surface area contributed by atoms with Crippen molar-refractivity contribution in [3.8, 4) is 0 Å². The number of phosphoric ester groups is 1. The van der Waals surface area contributed by atoms with Gasteiger partial charge in [-0.2, -0.15) is 0 Å². The predicted molar refractivity (Wildman–Crippen MR) is 344 cm³/mol. The van der Waals surface area contributed by atoms with Gasteiger partial charge in [0, 0.05) is 19.3 Å². The van der Waals surface area contributed by atoms with E-state index in [4.69, 9.17) is 23.3 Å². The SMILES string of the molecule is CC/C=C\C/C=C\C/C=C\C/C=C\CCCCCCCCC(=O)OCC(COP(=O)(O)OCC(CO)OC(=O)CCCCCCCCC/C=C\CCCCCCCC)OC(=O)CCCCCCCCCCCCCCCCCCCCC. The highest BCUT2D eigenvalue weighted by Crippen LogP contribution is 2.43. The normalized spacial score (nSPS) is 13.6. The van der Waals surface area contributed by atoms with E-state index in [1.54, 1.807) is 0 Å². The minimum atomic E-state index is -4.76. The molecule has 0 rings (SSSR count). The van der Waals surface area contributed by atoms with E-state index in [1.165, 1.54) is 161 Å². The molecule has 12 heteroatoms. The molecule has 0 fully saturated rings. The number of phosphoric acid groups is 1. The summed E-state index contributed by atoms with van der Waals surface area (Å²) in [4.78, 5) is 48.9. The number of rotatable bonds is 64. The Labute approximate surface area is 504 Å². The molecule has 0 aromatic rings. The topological polar surface area (TPSA) is 155 Å². The molecule has 0 amide bonds. The van der Waals surface area contributed by atoms with Gasteiger partial charge in [0.2, 0.25) is 0 Å². The predicted octanol–water partition coefficient (Wildman–Crippen LogP) is 21.0. The summed E-state index contributed by atoms with van der Waals surface area (Å²) in [5.41, 5.74) is 0. The highest BCUT2D eigenvalue weighted by Gasteiger charge is 2.28. The van der Waals surface area contributed by atoms with Gasteiger partial charge in [0.1, 0.15) is 12.7 Å². The largest absolute Gasteiger partial charge is 0.472 e. The molecule has 0 bridgehead atoms. The Morgan fingerprint density at radius 1 is 0.354 bits per heavy atom. The molecule has 82 heavy (non-hydrogen) atoms. The summed E-state index contributed by atoms with van der Waals surface area (Å²) < 4.78 is 39.8. The molecule has 0 spiro atoms. The lowest BCUT2D eigenvalue weighted by atomic mass is 10.0. The third-order valence-electron chi connectivity index (χ3n) is 14.9. The van der Waals surface area contributed by atoms with E-state index in [1.807, 2.05) is 0 Å². The van der Waals surface area contributed by atoms with Crippen LogP contribution in [0.15, 0.2) is 60.8 Å². The molecule has 0 aliphatic carbocycles. The number of hydrogen-bond donors (Lipinski definition) is 2. The van der Waals surface area contributed by atoms with Crippen LogP contribution in [0.1, 0.15) is 329 Å². The van der Waals surface area contributed by atoms with Crippen LogP contribution in [-0.2, 0) is 42.2 Å². The molecular formula is C70H127O11P. The van der Waals surface area contributed by atoms with E-state index in [2.05, 4.69) is 81.5 Å². The zero-order chi connectivity index (χ0) is 59.8. The zero-order valence-corrected chi connectivity index (χ0v) is 54.1. The summed E-state index contributed by atoms with van der Waals surface area (Å²) in [5.74, 6) is -1.46. The Morgan fingerprint density at radius 3 is 0.988 bits per heavy atom. The van der Waals surface area contributed by atoms with Gasteiger partial charge in [0.25, 0.3) is 0 Å². The molecule has 2 N–H and O–H groups in total. The molecule has 0 aliphatic heterocycles. The molecule has 3 unspecified atom stereocenters. The van der Waals surface area contributed by atoms with Gasteiger partial charge >= 0.3 is 25.7 Å². The molecule has 0 radical (unpaired) electrons. The molecular weight excluding hydrogens is 1050 g/mol. The second-order valence-corrected chi connectivity index (χ2v) is 24.4. The first kappa shape index (κ1) is 79.2. The Hall–Kier alpha value is -2.82. The van der Waals surface area contributed by atoms with Gasteiger partial charge in [-0.05, 0) is 83.5 Å². The third-order valence-corrected chi connectivity index (χ3v) is 15.9. The molecule has 0 saturated carbocycles. The quantitative estimate of drug-likeness (QED) is 0.0197. The lowest BCUT2D eigenvalue weighted by molar-refractivity contribution is -0.161. The van der Waals surface area contributed by atoms with Crippen LogP contribution >= 0.6 is 7.82 Å². The number of ether oxygens (including phenoxy) is 3. The number of aliphatic hydroxyl groups is 1. The van der Waals surface area contributed by atoms with Gasteiger partial charge in [-0.25, -0.2) is 4.57 Å². The second-order valence-electron chi connectivity index (χ2n) is 23.0. The summed E-state index contributed by atoms with van der Waals surface area (Å²) in [6.45, 7) is 4.58. The first-order valence-corrected chi connectivity index (χ1v) is 35.7. The van der Waals surface area contributed by atoms with Crippen molar-refractivity contribution in [3.63, 3.8) is 0 Å². The molecule has 11 nitrogen and oxygen atoms in total. The van der Waals surface area contributed by atoms with Crippen molar-refractivity contribution >= 4 is 25.7 Å². The highest BCUT2D eigenvalue weighted by molar-refractivity contribution is 7.47. The number of hydrogen-bond acceptors (Lipinski definition) is 10. The van der Waals surface area contributed by atoms with Crippen molar-refractivity contribution in [3.05, 3.63) is 60.8 Å². The monoisotopic (exact) mass is 1170 g/mol. The van der Waals surface area contributed by atoms with Gasteiger partial charge in [-0.15, -0.1) is 0 Å². The van der Waals surface area contributed by atoms with Gasteiger partial charge < -0.3 is 24.2 Å². The smallest absolute Gasteiger partial charge is 0.462 e.